The molecule has 0 aliphatic rings. The van der Waals surface area contributed by atoms with Gasteiger partial charge in [-0.3, -0.25) is 0 Å². The average molecular weight is 266 g/mol. The van der Waals surface area contributed by atoms with Crippen LogP contribution in [0.25, 0.3) is 0 Å². The number of nitrogen functional groups attached to an aromatic ring is 1. The molecule has 2 nitrogen and oxygen atoms in total. The molecule has 0 saturated heterocycles. The molecule has 3 aromatic rings. The molecule has 0 aliphatic carbocycles. The normalized spacial score (nSPS) is 10.8. The van der Waals surface area contributed by atoms with Crippen molar-refractivity contribution in [2.24, 2.45) is 0 Å². The minimum atomic E-state index is 0.149. The summed E-state index contributed by atoms with van der Waals surface area (Å²) < 4.78 is 0. The van der Waals surface area contributed by atoms with Crippen LogP contribution in [0.15, 0.2) is 66.0 Å². The van der Waals surface area contributed by atoms with Gasteiger partial charge in [-0.05, 0) is 11.1 Å². The predicted octanol–water partition coefficient (Wildman–Crippen LogP) is 3.91. The highest BCUT2D eigenvalue weighted by Crippen LogP contribution is 2.32. The quantitative estimate of drug-likeness (QED) is 0.780. The van der Waals surface area contributed by atoms with Crippen LogP contribution in [-0.2, 0) is 0 Å². The van der Waals surface area contributed by atoms with Crippen LogP contribution < -0.4 is 5.73 Å². The lowest BCUT2D eigenvalue weighted by molar-refractivity contribution is 0.935. The molecule has 0 saturated carbocycles. The lowest BCUT2D eigenvalue weighted by atomic mass is 9.89. The fourth-order valence-corrected chi connectivity index (χ4v) is 2.85. The van der Waals surface area contributed by atoms with Crippen LogP contribution in [0.4, 0.5) is 5.13 Å². The number of thiazole rings is 1. The second kappa shape index (κ2) is 5.24. The number of nitrogens with zero attached hydrogens (tertiary/aromatic N) is 1. The monoisotopic (exact) mass is 266 g/mol. The summed E-state index contributed by atoms with van der Waals surface area (Å²) in [5.74, 6) is 0.149. The van der Waals surface area contributed by atoms with E-state index in [-0.39, 0.29) is 5.92 Å². The number of benzene rings is 2. The highest BCUT2D eigenvalue weighted by molar-refractivity contribution is 7.13. The Hall–Kier alpha value is -2.13. The van der Waals surface area contributed by atoms with Crippen LogP contribution in [0.5, 0.6) is 0 Å². The molecular weight excluding hydrogens is 252 g/mol. The van der Waals surface area contributed by atoms with Crippen LogP contribution in [0.3, 0.4) is 0 Å². The average Bonchev–Trinajstić information content (AvgIpc) is 2.88. The zero-order valence-corrected chi connectivity index (χ0v) is 11.2. The zero-order valence-electron chi connectivity index (χ0n) is 10.4. The minimum Gasteiger partial charge on any atom is -0.375 e. The number of anilines is 1. The van der Waals surface area contributed by atoms with Gasteiger partial charge in [-0.15, -0.1) is 11.3 Å². The third-order valence-corrected chi connectivity index (χ3v) is 3.79. The van der Waals surface area contributed by atoms with Gasteiger partial charge in [0.05, 0.1) is 11.6 Å². The van der Waals surface area contributed by atoms with Gasteiger partial charge in [0.25, 0.3) is 0 Å². The first-order valence-electron chi connectivity index (χ1n) is 6.15. The molecule has 0 amide bonds. The summed E-state index contributed by atoms with van der Waals surface area (Å²) in [4.78, 5) is 4.46. The maximum atomic E-state index is 5.78. The van der Waals surface area contributed by atoms with Crippen LogP contribution in [0, 0.1) is 0 Å². The van der Waals surface area contributed by atoms with Crippen LogP contribution in [0.2, 0.25) is 0 Å². The maximum absolute atomic E-state index is 5.78. The zero-order chi connectivity index (χ0) is 13.1. The van der Waals surface area contributed by atoms with Crippen molar-refractivity contribution in [1.82, 2.24) is 4.98 Å². The third-order valence-electron chi connectivity index (χ3n) is 3.10. The van der Waals surface area contributed by atoms with Gasteiger partial charge in [-0.25, -0.2) is 4.98 Å². The molecule has 0 spiro atoms. The maximum Gasteiger partial charge on any atom is 0.180 e. The smallest absolute Gasteiger partial charge is 0.180 e. The van der Waals surface area contributed by atoms with E-state index in [2.05, 4.69) is 53.5 Å². The van der Waals surface area contributed by atoms with E-state index in [4.69, 9.17) is 5.73 Å². The summed E-state index contributed by atoms with van der Waals surface area (Å²) in [7, 11) is 0. The molecule has 0 aliphatic heterocycles. The molecule has 94 valence electrons. The highest BCUT2D eigenvalue weighted by Gasteiger charge is 2.18. The van der Waals surface area contributed by atoms with Crippen LogP contribution in [0.1, 0.15) is 22.7 Å². The van der Waals surface area contributed by atoms with Crippen molar-refractivity contribution in [3.63, 3.8) is 0 Å². The second-order valence-corrected chi connectivity index (χ2v) is 5.25. The van der Waals surface area contributed by atoms with Crippen molar-refractivity contribution < 1.29 is 0 Å². The lowest BCUT2D eigenvalue weighted by Gasteiger charge is -2.15. The summed E-state index contributed by atoms with van der Waals surface area (Å²) in [6, 6.07) is 20.8. The van der Waals surface area contributed by atoms with Crippen LogP contribution >= 0.6 is 11.3 Å². The fourth-order valence-electron chi connectivity index (χ4n) is 2.26. The molecule has 0 unspecified atom stereocenters. The molecule has 1 aromatic heterocycles. The SMILES string of the molecule is Nc1nc(C(c2ccccc2)c2ccccc2)cs1. The van der Waals surface area contributed by atoms with Gasteiger partial charge in [0.1, 0.15) is 0 Å². The Balaban J connectivity index is 2.11. The highest BCUT2D eigenvalue weighted by atomic mass is 32.1. The first-order valence-corrected chi connectivity index (χ1v) is 7.03. The van der Waals surface area contributed by atoms with Gasteiger partial charge in [0.2, 0.25) is 0 Å². The van der Waals surface area contributed by atoms with Gasteiger partial charge >= 0.3 is 0 Å². The molecule has 0 fully saturated rings. The number of hydrogen-bond acceptors (Lipinski definition) is 3. The first kappa shape index (κ1) is 11.9. The summed E-state index contributed by atoms with van der Waals surface area (Å²) in [6.07, 6.45) is 0. The van der Waals surface area contributed by atoms with Gasteiger partial charge in [-0.1, -0.05) is 60.7 Å². The Labute approximate surface area is 116 Å². The Bertz CT molecular complexity index is 607. The second-order valence-electron chi connectivity index (χ2n) is 4.36. The standard InChI is InChI=1S/C16H14N2S/c17-16-18-14(11-19-16)15(12-7-3-1-4-8-12)13-9-5-2-6-10-13/h1-11,15H,(H2,17,18). The summed E-state index contributed by atoms with van der Waals surface area (Å²) in [6.45, 7) is 0. The van der Waals surface area contributed by atoms with E-state index >= 15 is 0 Å². The van der Waals surface area contributed by atoms with Crippen molar-refractivity contribution in [3.8, 4) is 0 Å². The van der Waals surface area contributed by atoms with E-state index in [0.717, 1.165) is 5.69 Å². The Morgan fingerprint density at radius 1 is 0.842 bits per heavy atom. The summed E-state index contributed by atoms with van der Waals surface area (Å²) >= 11 is 1.49. The van der Waals surface area contributed by atoms with E-state index in [0.29, 0.717) is 5.13 Å². The molecule has 3 heteroatoms. The Morgan fingerprint density at radius 2 is 1.37 bits per heavy atom. The van der Waals surface area contributed by atoms with Gasteiger partial charge in [0, 0.05) is 5.38 Å². The van der Waals surface area contributed by atoms with Crippen molar-refractivity contribution in [1.29, 1.82) is 0 Å². The molecule has 0 atom stereocenters. The molecule has 1 heterocycles. The molecular formula is C16H14N2S. The summed E-state index contributed by atoms with van der Waals surface area (Å²) in [5, 5.41) is 2.66. The van der Waals surface area contributed by atoms with Gasteiger partial charge in [-0.2, -0.15) is 0 Å². The van der Waals surface area contributed by atoms with E-state index in [9.17, 15) is 0 Å². The minimum absolute atomic E-state index is 0.149. The van der Waals surface area contributed by atoms with Crippen LogP contribution in [-0.4, -0.2) is 4.98 Å². The van der Waals surface area contributed by atoms with E-state index in [1.54, 1.807) is 0 Å². The molecule has 19 heavy (non-hydrogen) atoms. The molecule has 2 aromatic carbocycles. The molecule has 3 rings (SSSR count). The lowest BCUT2D eigenvalue weighted by Crippen LogP contribution is -2.03. The number of hydrogen-bond donors (Lipinski definition) is 1. The molecule has 0 radical (unpaired) electrons. The Morgan fingerprint density at radius 3 is 1.79 bits per heavy atom. The summed E-state index contributed by atoms with van der Waals surface area (Å²) in [5.41, 5.74) is 9.26. The molecule has 2 N–H and O–H groups in total. The topological polar surface area (TPSA) is 38.9 Å². The van der Waals surface area contributed by atoms with Crippen molar-refractivity contribution in [2.75, 3.05) is 5.73 Å². The van der Waals surface area contributed by atoms with Gasteiger partial charge < -0.3 is 5.73 Å². The fraction of sp³-hybridized carbons (Fsp3) is 0.0625. The first-order chi connectivity index (χ1) is 9.34. The van der Waals surface area contributed by atoms with Gasteiger partial charge in [0.15, 0.2) is 5.13 Å². The van der Waals surface area contributed by atoms with E-state index in [1.165, 1.54) is 22.5 Å². The number of aromatic nitrogens is 1. The third kappa shape index (κ3) is 2.51. The van der Waals surface area contributed by atoms with E-state index < -0.39 is 0 Å². The van der Waals surface area contributed by atoms with Crippen molar-refractivity contribution >= 4 is 16.5 Å². The number of nitrogens with two attached hydrogens (primary N) is 1. The van der Waals surface area contributed by atoms with Crippen molar-refractivity contribution in [3.05, 3.63) is 82.9 Å². The van der Waals surface area contributed by atoms with Crippen molar-refractivity contribution in [2.45, 2.75) is 5.92 Å². The predicted molar refractivity (Wildman–Crippen MR) is 80.4 cm³/mol. The number of rotatable bonds is 3. The largest absolute Gasteiger partial charge is 0.375 e. The molecule has 0 bridgehead atoms. The van der Waals surface area contributed by atoms with E-state index in [1.807, 2.05) is 17.5 Å². The Kier molecular flexibility index (Phi) is 3.29.